The number of piperidine rings is 1. The fourth-order valence-corrected chi connectivity index (χ4v) is 4.30. The fraction of sp³-hybridized carbons (Fsp3) is 0.833. The molecule has 1 aromatic heterocycles. The number of carbonyl (C=O) groups is 1. The van der Waals surface area contributed by atoms with Gasteiger partial charge in [-0.25, -0.2) is 0 Å². The van der Waals surface area contributed by atoms with E-state index in [2.05, 4.69) is 45.7 Å². The molecule has 0 saturated carbocycles. The predicted octanol–water partition coefficient (Wildman–Crippen LogP) is 0.998. The summed E-state index contributed by atoms with van der Waals surface area (Å²) >= 11 is 0. The van der Waals surface area contributed by atoms with Crippen LogP contribution in [0.25, 0.3) is 0 Å². The van der Waals surface area contributed by atoms with Gasteiger partial charge in [-0.05, 0) is 25.2 Å². The molecule has 1 amide bonds. The van der Waals surface area contributed by atoms with Crippen molar-refractivity contribution in [2.45, 2.75) is 33.2 Å². The number of aromatic nitrogens is 3. The van der Waals surface area contributed by atoms with Gasteiger partial charge >= 0.3 is 0 Å². The van der Waals surface area contributed by atoms with Gasteiger partial charge in [0.2, 0.25) is 5.91 Å². The summed E-state index contributed by atoms with van der Waals surface area (Å²) in [4.78, 5) is 19.5. The van der Waals surface area contributed by atoms with Gasteiger partial charge in [0.05, 0.1) is 12.6 Å². The second-order valence-electron chi connectivity index (χ2n) is 8.03. The zero-order chi connectivity index (χ0) is 18.0. The predicted molar refractivity (Wildman–Crippen MR) is 97.0 cm³/mol. The number of likely N-dealkylation sites (tertiary alicyclic amines) is 1. The standard InChI is InChI=1S/C18H32N6O/c1-14-9-15(2)11-24(10-14)17(25)12-22-5-7-23(8-6-22)16(3)18-20-19-13-21(18)4/h13-16H,5-12H2,1-4H3/t14-,15+,16-/m1/s1. The highest BCUT2D eigenvalue weighted by molar-refractivity contribution is 5.78. The smallest absolute Gasteiger partial charge is 0.236 e. The Bertz CT molecular complexity index is 570. The second-order valence-corrected chi connectivity index (χ2v) is 8.03. The van der Waals surface area contributed by atoms with Crippen molar-refractivity contribution < 1.29 is 4.79 Å². The Balaban J connectivity index is 1.47. The van der Waals surface area contributed by atoms with Crippen LogP contribution in [0.1, 0.15) is 39.1 Å². The van der Waals surface area contributed by atoms with E-state index in [-0.39, 0.29) is 6.04 Å². The lowest BCUT2D eigenvalue weighted by molar-refractivity contribution is -0.135. The van der Waals surface area contributed by atoms with Crippen molar-refractivity contribution in [2.75, 3.05) is 45.8 Å². The summed E-state index contributed by atoms with van der Waals surface area (Å²) in [6.07, 6.45) is 2.99. The van der Waals surface area contributed by atoms with E-state index in [0.717, 1.165) is 45.1 Å². The lowest BCUT2D eigenvalue weighted by atomic mass is 9.92. The molecule has 0 radical (unpaired) electrons. The van der Waals surface area contributed by atoms with Crippen molar-refractivity contribution in [1.29, 1.82) is 0 Å². The number of rotatable bonds is 4. The molecule has 3 heterocycles. The van der Waals surface area contributed by atoms with Gasteiger partial charge in [0, 0.05) is 46.3 Å². The summed E-state index contributed by atoms with van der Waals surface area (Å²) in [6, 6.07) is 0.258. The van der Waals surface area contributed by atoms with E-state index in [0.29, 0.717) is 24.3 Å². The van der Waals surface area contributed by atoms with Crippen LogP contribution in [0.4, 0.5) is 0 Å². The molecule has 2 aliphatic heterocycles. The van der Waals surface area contributed by atoms with Gasteiger partial charge < -0.3 is 9.47 Å². The molecule has 3 rings (SSSR count). The topological polar surface area (TPSA) is 57.5 Å². The van der Waals surface area contributed by atoms with Crippen LogP contribution in [0, 0.1) is 11.8 Å². The maximum absolute atomic E-state index is 12.7. The average Bonchev–Trinajstić information content (AvgIpc) is 3.00. The van der Waals surface area contributed by atoms with Crippen LogP contribution < -0.4 is 0 Å². The average molecular weight is 348 g/mol. The summed E-state index contributed by atoms with van der Waals surface area (Å²) in [5, 5.41) is 8.21. The highest BCUT2D eigenvalue weighted by Gasteiger charge is 2.29. The molecule has 7 heteroatoms. The Morgan fingerprint density at radius 3 is 2.40 bits per heavy atom. The van der Waals surface area contributed by atoms with Crippen molar-refractivity contribution in [1.82, 2.24) is 29.5 Å². The maximum atomic E-state index is 12.7. The van der Waals surface area contributed by atoms with Gasteiger partial charge in [-0.2, -0.15) is 0 Å². The van der Waals surface area contributed by atoms with Gasteiger partial charge in [-0.15, -0.1) is 10.2 Å². The molecule has 0 spiro atoms. The molecule has 25 heavy (non-hydrogen) atoms. The third kappa shape index (κ3) is 4.39. The van der Waals surface area contributed by atoms with Gasteiger partial charge in [-0.1, -0.05) is 13.8 Å². The van der Waals surface area contributed by atoms with Gasteiger partial charge in [-0.3, -0.25) is 14.6 Å². The Hall–Kier alpha value is -1.47. The van der Waals surface area contributed by atoms with E-state index in [1.807, 2.05) is 11.6 Å². The third-order valence-corrected chi connectivity index (χ3v) is 5.66. The lowest BCUT2D eigenvalue weighted by Crippen LogP contribution is -2.52. The van der Waals surface area contributed by atoms with Crippen molar-refractivity contribution in [3.05, 3.63) is 12.2 Å². The summed E-state index contributed by atoms with van der Waals surface area (Å²) in [5.41, 5.74) is 0. The summed E-state index contributed by atoms with van der Waals surface area (Å²) in [7, 11) is 1.99. The van der Waals surface area contributed by atoms with Crippen LogP contribution >= 0.6 is 0 Å². The van der Waals surface area contributed by atoms with Gasteiger partial charge in [0.15, 0.2) is 0 Å². The Morgan fingerprint density at radius 1 is 1.20 bits per heavy atom. The number of carbonyl (C=O) groups excluding carboxylic acids is 1. The molecule has 2 aliphatic rings. The van der Waals surface area contributed by atoms with Gasteiger partial charge in [0.1, 0.15) is 12.2 Å². The van der Waals surface area contributed by atoms with E-state index in [1.54, 1.807) is 6.33 Å². The van der Waals surface area contributed by atoms with E-state index in [1.165, 1.54) is 6.42 Å². The minimum atomic E-state index is 0.258. The number of hydrogen-bond donors (Lipinski definition) is 0. The molecule has 0 aliphatic carbocycles. The molecule has 2 saturated heterocycles. The molecule has 1 aromatic rings. The summed E-state index contributed by atoms with van der Waals surface area (Å²) in [6.45, 7) is 12.9. The third-order valence-electron chi connectivity index (χ3n) is 5.66. The number of nitrogens with zero attached hydrogens (tertiary/aromatic N) is 6. The van der Waals surface area contributed by atoms with Crippen LogP contribution in [0.3, 0.4) is 0 Å². The van der Waals surface area contributed by atoms with Crippen molar-refractivity contribution >= 4 is 5.91 Å². The SMILES string of the molecule is C[C@@H]1C[C@H](C)CN(C(=O)CN2CCN([C@H](C)c3nncn3C)CC2)C1. The molecular weight excluding hydrogens is 316 g/mol. The minimum Gasteiger partial charge on any atom is -0.341 e. The molecule has 0 aromatic carbocycles. The van der Waals surface area contributed by atoms with Crippen molar-refractivity contribution in [3.63, 3.8) is 0 Å². The van der Waals surface area contributed by atoms with Crippen LogP contribution in [0.2, 0.25) is 0 Å². The van der Waals surface area contributed by atoms with Crippen LogP contribution in [-0.2, 0) is 11.8 Å². The van der Waals surface area contributed by atoms with E-state index in [9.17, 15) is 4.79 Å². The van der Waals surface area contributed by atoms with Crippen molar-refractivity contribution in [2.24, 2.45) is 18.9 Å². The maximum Gasteiger partial charge on any atom is 0.236 e. The zero-order valence-electron chi connectivity index (χ0n) is 16.1. The second kappa shape index (κ2) is 7.83. The first-order valence-electron chi connectivity index (χ1n) is 9.52. The molecule has 0 bridgehead atoms. The fourth-order valence-electron chi connectivity index (χ4n) is 4.30. The number of aryl methyl sites for hydroxylation is 1. The quantitative estimate of drug-likeness (QED) is 0.812. The highest BCUT2D eigenvalue weighted by Crippen LogP contribution is 2.22. The summed E-state index contributed by atoms with van der Waals surface area (Å²) < 4.78 is 1.99. The minimum absolute atomic E-state index is 0.258. The Labute approximate surface area is 151 Å². The van der Waals surface area contributed by atoms with E-state index < -0.39 is 0 Å². The molecule has 0 N–H and O–H groups in total. The molecular formula is C18H32N6O. The number of hydrogen-bond acceptors (Lipinski definition) is 5. The first-order valence-corrected chi connectivity index (χ1v) is 9.52. The van der Waals surface area contributed by atoms with Crippen LogP contribution in [-0.4, -0.2) is 81.2 Å². The van der Waals surface area contributed by atoms with Crippen LogP contribution in [0.5, 0.6) is 0 Å². The number of amides is 1. The largest absolute Gasteiger partial charge is 0.341 e. The molecule has 3 atom stereocenters. The normalized spacial score (nSPS) is 27.4. The first kappa shape index (κ1) is 18.3. The van der Waals surface area contributed by atoms with Crippen LogP contribution in [0.15, 0.2) is 6.33 Å². The zero-order valence-corrected chi connectivity index (χ0v) is 16.1. The van der Waals surface area contributed by atoms with E-state index >= 15 is 0 Å². The van der Waals surface area contributed by atoms with Gasteiger partial charge in [0.25, 0.3) is 0 Å². The Morgan fingerprint density at radius 2 is 1.84 bits per heavy atom. The highest BCUT2D eigenvalue weighted by atomic mass is 16.2. The Kier molecular flexibility index (Phi) is 5.74. The first-order chi connectivity index (χ1) is 11.9. The number of piperazine rings is 1. The van der Waals surface area contributed by atoms with E-state index in [4.69, 9.17) is 0 Å². The summed E-state index contributed by atoms with van der Waals surface area (Å²) in [5.74, 6) is 2.54. The molecule has 0 unspecified atom stereocenters. The molecule has 7 nitrogen and oxygen atoms in total. The monoisotopic (exact) mass is 348 g/mol. The molecule has 140 valence electrons. The van der Waals surface area contributed by atoms with Crippen molar-refractivity contribution in [3.8, 4) is 0 Å². The molecule has 2 fully saturated rings. The lowest BCUT2D eigenvalue weighted by Gasteiger charge is -2.39.